The Morgan fingerprint density at radius 1 is 1.45 bits per heavy atom. The zero-order valence-electron chi connectivity index (χ0n) is 11.2. The Bertz CT molecular complexity index is 590. The molecule has 1 aromatic carbocycles. The van der Waals surface area contributed by atoms with Gasteiger partial charge in [-0.3, -0.25) is 4.79 Å². The first kappa shape index (κ1) is 16.4. The number of anilines is 1. The smallest absolute Gasteiger partial charge is 0.340 e. The van der Waals surface area contributed by atoms with Crippen LogP contribution in [0.5, 0.6) is 0 Å². The number of benzene rings is 1. The van der Waals surface area contributed by atoms with E-state index in [-0.39, 0.29) is 16.4 Å². The summed E-state index contributed by atoms with van der Waals surface area (Å²) in [4.78, 5) is 22.3. The standard InChI is InChI=1S/C14H14ClNO3S/c1-9(17)20-6-4-3-5-10-7-11(14(18)19-2)13(16)8-12(10)15/h7-8H,4,6,16H2,1-2H3. The Labute approximate surface area is 127 Å². The van der Waals surface area contributed by atoms with E-state index in [1.165, 1.54) is 37.9 Å². The fraction of sp³-hybridized carbons (Fsp3) is 0.286. The van der Waals surface area contributed by atoms with Crippen LogP contribution >= 0.6 is 23.4 Å². The molecule has 106 valence electrons. The van der Waals surface area contributed by atoms with Crippen LogP contribution in [0.1, 0.15) is 29.3 Å². The number of thioether (sulfide) groups is 1. The number of ether oxygens (including phenoxy) is 1. The minimum atomic E-state index is -0.533. The van der Waals surface area contributed by atoms with Crippen LogP contribution in [0.3, 0.4) is 0 Å². The molecule has 0 spiro atoms. The number of carbonyl (C=O) groups excluding carboxylic acids is 2. The van der Waals surface area contributed by atoms with Gasteiger partial charge in [-0.15, -0.1) is 0 Å². The Morgan fingerprint density at radius 3 is 2.75 bits per heavy atom. The molecule has 0 fully saturated rings. The molecular weight excluding hydrogens is 298 g/mol. The quantitative estimate of drug-likeness (QED) is 0.402. The van der Waals surface area contributed by atoms with E-state index >= 15 is 0 Å². The zero-order valence-corrected chi connectivity index (χ0v) is 12.7. The van der Waals surface area contributed by atoms with Gasteiger partial charge in [0.15, 0.2) is 5.12 Å². The van der Waals surface area contributed by atoms with E-state index in [4.69, 9.17) is 17.3 Å². The Morgan fingerprint density at radius 2 is 2.15 bits per heavy atom. The van der Waals surface area contributed by atoms with Crippen molar-refractivity contribution >= 4 is 40.1 Å². The summed E-state index contributed by atoms with van der Waals surface area (Å²) < 4.78 is 4.63. The number of nitrogens with two attached hydrogens (primary N) is 1. The first-order valence-electron chi connectivity index (χ1n) is 5.75. The normalized spacial score (nSPS) is 9.55. The van der Waals surface area contributed by atoms with E-state index in [0.717, 1.165) is 0 Å². The first-order valence-corrected chi connectivity index (χ1v) is 7.11. The van der Waals surface area contributed by atoms with Gasteiger partial charge in [0.05, 0.1) is 17.7 Å². The number of nitrogen functional groups attached to an aromatic ring is 1. The van der Waals surface area contributed by atoms with Gasteiger partial charge in [-0.1, -0.05) is 35.2 Å². The van der Waals surface area contributed by atoms with E-state index in [1.807, 2.05) is 0 Å². The first-order chi connectivity index (χ1) is 9.45. The summed E-state index contributed by atoms with van der Waals surface area (Å²) in [6.07, 6.45) is 0.554. The molecule has 0 heterocycles. The van der Waals surface area contributed by atoms with E-state index < -0.39 is 5.97 Å². The lowest BCUT2D eigenvalue weighted by Crippen LogP contribution is -2.06. The summed E-state index contributed by atoms with van der Waals surface area (Å²) in [5.41, 5.74) is 6.70. The number of carbonyl (C=O) groups is 2. The Balaban J connectivity index is 2.87. The molecule has 1 rings (SSSR count). The Hall–Kier alpha value is -1.64. The maximum Gasteiger partial charge on any atom is 0.340 e. The molecule has 0 amide bonds. The third-order valence-corrected chi connectivity index (χ3v) is 3.43. The van der Waals surface area contributed by atoms with Gasteiger partial charge >= 0.3 is 5.97 Å². The number of hydrogen-bond donors (Lipinski definition) is 1. The molecule has 0 bridgehead atoms. The minimum absolute atomic E-state index is 0.0605. The largest absolute Gasteiger partial charge is 0.465 e. The minimum Gasteiger partial charge on any atom is -0.465 e. The molecule has 20 heavy (non-hydrogen) atoms. The number of methoxy groups -OCH3 is 1. The van der Waals surface area contributed by atoms with Gasteiger partial charge in [0.1, 0.15) is 0 Å². The van der Waals surface area contributed by atoms with Gasteiger partial charge in [-0.05, 0) is 12.1 Å². The summed E-state index contributed by atoms with van der Waals surface area (Å²) in [6, 6.07) is 2.98. The summed E-state index contributed by atoms with van der Waals surface area (Å²) in [5.74, 6) is 5.86. The van der Waals surface area contributed by atoms with Crippen molar-refractivity contribution in [2.24, 2.45) is 0 Å². The predicted molar refractivity (Wildman–Crippen MR) is 81.8 cm³/mol. The van der Waals surface area contributed by atoms with Crippen molar-refractivity contribution < 1.29 is 14.3 Å². The van der Waals surface area contributed by atoms with Crippen LogP contribution in [0.15, 0.2) is 12.1 Å². The number of halogens is 1. The van der Waals surface area contributed by atoms with Crippen LogP contribution in [-0.2, 0) is 9.53 Å². The molecule has 0 aliphatic rings. The van der Waals surface area contributed by atoms with Crippen molar-refractivity contribution in [3.05, 3.63) is 28.3 Å². The van der Waals surface area contributed by atoms with Crippen molar-refractivity contribution in [2.45, 2.75) is 13.3 Å². The van der Waals surface area contributed by atoms with E-state index in [9.17, 15) is 9.59 Å². The molecule has 0 radical (unpaired) electrons. The van der Waals surface area contributed by atoms with Crippen molar-refractivity contribution in [3.63, 3.8) is 0 Å². The van der Waals surface area contributed by atoms with Crippen molar-refractivity contribution in [3.8, 4) is 11.8 Å². The average molecular weight is 312 g/mol. The van der Waals surface area contributed by atoms with Crippen molar-refractivity contribution in [1.82, 2.24) is 0 Å². The predicted octanol–water partition coefficient (Wildman–Crippen LogP) is 2.73. The molecule has 0 aliphatic carbocycles. The lowest BCUT2D eigenvalue weighted by Gasteiger charge is -2.05. The molecule has 1 aromatic rings. The fourth-order valence-corrected chi connectivity index (χ4v) is 2.09. The second-order valence-corrected chi connectivity index (χ2v) is 5.48. The van der Waals surface area contributed by atoms with Gasteiger partial charge < -0.3 is 10.5 Å². The topological polar surface area (TPSA) is 69.4 Å². The average Bonchev–Trinajstić information content (AvgIpc) is 2.39. The molecule has 0 atom stereocenters. The fourth-order valence-electron chi connectivity index (χ4n) is 1.37. The number of esters is 1. The maximum absolute atomic E-state index is 11.5. The van der Waals surface area contributed by atoms with Crippen molar-refractivity contribution in [1.29, 1.82) is 0 Å². The van der Waals surface area contributed by atoms with E-state index in [1.54, 1.807) is 0 Å². The molecule has 0 saturated heterocycles. The summed E-state index contributed by atoms with van der Waals surface area (Å²) in [7, 11) is 1.28. The monoisotopic (exact) mass is 311 g/mol. The van der Waals surface area contributed by atoms with Gasteiger partial charge in [-0.2, -0.15) is 0 Å². The molecule has 0 aliphatic heterocycles. The molecule has 0 unspecified atom stereocenters. The summed E-state index contributed by atoms with van der Waals surface area (Å²) in [5, 5.41) is 0.437. The Kier molecular flexibility index (Phi) is 6.43. The van der Waals surface area contributed by atoms with Crippen LogP contribution < -0.4 is 5.73 Å². The third-order valence-electron chi connectivity index (χ3n) is 2.30. The highest BCUT2D eigenvalue weighted by Crippen LogP contribution is 2.23. The summed E-state index contributed by atoms with van der Waals surface area (Å²) in [6.45, 7) is 1.51. The van der Waals surface area contributed by atoms with Crippen LogP contribution in [0.25, 0.3) is 0 Å². The lowest BCUT2D eigenvalue weighted by atomic mass is 10.1. The van der Waals surface area contributed by atoms with Crippen molar-refractivity contribution in [2.75, 3.05) is 18.6 Å². The SMILES string of the molecule is COC(=O)c1cc(C#CCCSC(C)=O)c(Cl)cc1N. The number of rotatable bonds is 3. The van der Waals surface area contributed by atoms with Gasteiger partial charge in [0.2, 0.25) is 0 Å². The molecule has 4 nitrogen and oxygen atoms in total. The van der Waals surface area contributed by atoms with Crippen LogP contribution in [0.2, 0.25) is 5.02 Å². The molecule has 0 saturated carbocycles. The molecule has 0 aromatic heterocycles. The van der Waals surface area contributed by atoms with Crippen LogP contribution in [-0.4, -0.2) is 23.9 Å². The van der Waals surface area contributed by atoms with E-state index in [0.29, 0.717) is 22.8 Å². The third kappa shape index (κ3) is 4.80. The second kappa shape index (κ2) is 7.83. The highest BCUT2D eigenvalue weighted by atomic mass is 35.5. The molecule has 2 N–H and O–H groups in total. The van der Waals surface area contributed by atoms with Gasteiger partial charge in [0.25, 0.3) is 0 Å². The highest BCUT2D eigenvalue weighted by molar-refractivity contribution is 8.13. The van der Waals surface area contributed by atoms with Gasteiger partial charge in [-0.25, -0.2) is 4.79 Å². The highest BCUT2D eigenvalue weighted by Gasteiger charge is 2.12. The van der Waals surface area contributed by atoms with Gasteiger partial charge in [0, 0.05) is 30.3 Å². The molecule has 6 heteroatoms. The van der Waals surface area contributed by atoms with Crippen LogP contribution in [0, 0.1) is 11.8 Å². The zero-order chi connectivity index (χ0) is 15.1. The molecular formula is C14H14ClNO3S. The van der Waals surface area contributed by atoms with E-state index in [2.05, 4.69) is 16.6 Å². The second-order valence-electron chi connectivity index (χ2n) is 3.80. The lowest BCUT2D eigenvalue weighted by molar-refractivity contribution is -0.109. The van der Waals surface area contributed by atoms with Crippen LogP contribution in [0.4, 0.5) is 5.69 Å². The summed E-state index contributed by atoms with van der Waals surface area (Å²) >= 11 is 7.23. The number of hydrogen-bond acceptors (Lipinski definition) is 5. The maximum atomic E-state index is 11.5.